The number of carbonyl (C=O) groups is 3. The Bertz CT molecular complexity index is 3480. The molecule has 3 aliphatic heterocycles. The number of aryl methyl sites for hydroxylation is 1. The molecule has 10 rings (SSSR count). The average Bonchev–Trinajstić information content (AvgIpc) is 4.38. The van der Waals surface area contributed by atoms with Crippen molar-refractivity contribution in [3.8, 4) is 29.2 Å². The van der Waals surface area contributed by atoms with Crippen LogP contribution in [-0.2, 0) is 21.4 Å². The molecule has 81 heavy (non-hydrogen) atoms. The molecule has 3 aromatic heterocycles. The first-order valence-electron chi connectivity index (χ1n) is 27.6. The van der Waals surface area contributed by atoms with Crippen molar-refractivity contribution in [3.63, 3.8) is 0 Å². The fourth-order valence-corrected chi connectivity index (χ4v) is 12.1. The summed E-state index contributed by atoms with van der Waals surface area (Å²) in [5, 5.41) is 44.8. The van der Waals surface area contributed by atoms with E-state index in [0.717, 1.165) is 53.2 Å². The maximum Gasteiger partial charge on any atom is 0.319 e. The number of anilines is 1. The minimum Gasteiger partial charge on any atom is -0.475 e. The number of nitriles is 1. The van der Waals surface area contributed by atoms with Crippen LogP contribution in [0.1, 0.15) is 81.7 Å². The van der Waals surface area contributed by atoms with Gasteiger partial charge in [-0.1, -0.05) is 80.6 Å². The van der Waals surface area contributed by atoms with Crippen molar-refractivity contribution < 1.29 is 43.0 Å². The Kier molecular flexibility index (Phi) is 17.2. The number of rotatable bonds is 18. The van der Waals surface area contributed by atoms with Crippen LogP contribution in [0.15, 0.2) is 90.1 Å². The summed E-state index contributed by atoms with van der Waals surface area (Å²) in [5.41, 5.74) is 3.53. The van der Waals surface area contributed by atoms with Crippen molar-refractivity contribution in [2.24, 2.45) is 18.9 Å². The van der Waals surface area contributed by atoms with Crippen LogP contribution in [0.2, 0.25) is 5.02 Å². The summed E-state index contributed by atoms with van der Waals surface area (Å²) in [4.78, 5) is 57.7. The van der Waals surface area contributed by atoms with E-state index in [1.54, 1.807) is 34.0 Å². The molecular formula is C60H67ClFN11O8. The van der Waals surface area contributed by atoms with E-state index >= 15 is 4.39 Å². The first kappa shape index (κ1) is 56.6. The van der Waals surface area contributed by atoms with Crippen molar-refractivity contribution in [2.75, 3.05) is 63.9 Å². The normalized spacial score (nSPS) is 20.4. The maximum absolute atomic E-state index is 17.3. The number of benzene rings is 3. The second-order valence-electron chi connectivity index (χ2n) is 21.8. The van der Waals surface area contributed by atoms with E-state index in [0.29, 0.717) is 42.2 Å². The van der Waals surface area contributed by atoms with Gasteiger partial charge in [-0.15, -0.1) is 0 Å². The highest BCUT2D eigenvalue weighted by Crippen LogP contribution is 2.39. The zero-order chi connectivity index (χ0) is 57.1. The Hall–Kier alpha value is -7.70. The SMILES string of the molecule is C=CC(=O)N1CCN(c2nc(OCCN3CCC(COc4cc([C@H](C(=O)N5C[C@H](O)C[C@H]5C(=O)N[C@@H](C)c5ccc(-c6ccnn6C)cc5)C(C)C)on4)CC3)nc3c(F)c(C4=c5ccccc5=CC(O)C4)c(Cl)cc23)C[C@@H]1CC#N. The number of aromatic nitrogens is 5. The summed E-state index contributed by atoms with van der Waals surface area (Å²) < 4.78 is 37.3. The molecule has 3 saturated heterocycles. The van der Waals surface area contributed by atoms with Gasteiger partial charge >= 0.3 is 6.01 Å². The predicted octanol–water partition coefficient (Wildman–Crippen LogP) is 5.42. The minimum absolute atomic E-state index is 0.0117. The van der Waals surface area contributed by atoms with Crippen LogP contribution >= 0.6 is 11.6 Å². The molecule has 0 radical (unpaired) electrons. The molecule has 0 saturated carbocycles. The predicted molar refractivity (Wildman–Crippen MR) is 302 cm³/mol. The Balaban J connectivity index is 0.763. The van der Waals surface area contributed by atoms with E-state index in [-0.39, 0.29) is 109 Å². The molecule has 4 aliphatic rings. The molecule has 6 atom stereocenters. The van der Waals surface area contributed by atoms with Crippen molar-refractivity contribution in [1.82, 2.24) is 44.9 Å². The lowest BCUT2D eigenvalue weighted by Crippen LogP contribution is -2.55. The number of fused-ring (bicyclic) bond motifs is 2. The van der Waals surface area contributed by atoms with E-state index in [1.165, 1.54) is 11.0 Å². The number of β-amino-alcohol motifs (C(OH)–C–C–N with tert-alkyl or cyclic N) is 1. The summed E-state index contributed by atoms with van der Waals surface area (Å²) in [5.74, 6) is -1.53. The van der Waals surface area contributed by atoms with Crippen molar-refractivity contribution in [1.29, 1.82) is 5.26 Å². The number of aliphatic hydroxyl groups excluding tert-OH is 2. The molecule has 21 heteroatoms. The number of aliphatic hydroxyl groups is 2. The van der Waals surface area contributed by atoms with Gasteiger partial charge in [0, 0.05) is 75.8 Å². The van der Waals surface area contributed by atoms with Gasteiger partial charge in [-0.25, -0.2) is 4.39 Å². The van der Waals surface area contributed by atoms with Crippen molar-refractivity contribution in [2.45, 2.75) is 89.1 Å². The Morgan fingerprint density at radius 2 is 1.78 bits per heavy atom. The third kappa shape index (κ3) is 12.2. The van der Waals surface area contributed by atoms with Gasteiger partial charge in [0.2, 0.25) is 17.7 Å². The number of likely N-dealkylation sites (tertiary alicyclic amines) is 2. The van der Waals surface area contributed by atoms with Gasteiger partial charge in [0.25, 0.3) is 5.88 Å². The zero-order valence-corrected chi connectivity index (χ0v) is 46.6. The molecule has 424 valence electrons. The van der Waals surface area contributed by atoms with Gasteiger partial charge in [-0.2, -0.15) is 20.3 Å². The first-order chi connectivity index (χ1) is 39.1. The van der Waals surface area contributed by atoms with Crippen LogP contribution in [0.5, 0.6) is 11.9 Å². The van der Waals surface area contributed by atoms with E-state index in [4.69, 9.17) is 30.6 Å². The number of piperidine rings is 1. The average molecular weight is 1120 g/mol. The molecule has 6 aromatic rings. The van der Waals surface area contributed by atoms with Crippen LogP contribution in [0.4, 0.5) is 10.2 Å². The molecule has 3 fully saturated rings. The third-order valence-corrected chi connectivity index (χ3v) is 16.4. The molecule has 1 aliphatic carbocycles. The van der Waals surface area contributed by atoms with Crippen LogP contribution in [-0.4, -0.2) is 151 Å². The molecule has 19 nitrogen and oxygen atoms in total. The van der Waals surface area contributed by atoms with Crippen LogP contribution in [0.3, 0.4) is 0 Å². The van der Waals surface area contributed by atoms with E-state index < -0.39 is 36.0 Å². The largest absolute Gasteiger partial charge is 0.475 e. The van der Waals surface area contributed by atoms with Gasteiger partial charge in [-0.05, 0) is 101 Å². The zero-order valence-electron chi connectivity index (χ0n) is 45.9. The summed E-state index contributed by atoms with van der Waals surface area (Å²) >= 11 is 6.99. The summed E-state index contributed by atoms with van der Waals surface area (Å²) in [6.07, 6.45) is 4.94. The highest BCUT2D eigenvalue weighted by atomic mass is 35.5. The summed E-state index contributed by atoms with van der Waals surface area (Å²) in [6.45, 7) is 12.8. The number of halogens is 2. The molecule has 3 N–H and O–H groups in total. The Morgan fingerprint density at radius 3 is 2.51 bits per heavy atom. The van der Waals surface area contributed by atoms with Crippen LogP contribution in [0.25, 0.3) is 33.8 Å². The second-order valence-corrected chi connectivity index (χ2v) is 22.2. The minimum atomic E-state index is -0.876. The van der Waals surface area contributed by atoms with E-state index in [2.05, 4.69) is 38.1 Å². The molecule has 1 unspecified atom stereocenters. The monoisotopic (exact) mass is 1120 g/mol. The third-order valence-electron chi connectivity index (χ3n) is 16.1. The topological polar surface area (TPSA) is 229 Å². The molecule has 0 bridgehead atoms. The van der Waals surface area contributed by atoms with Gasteiger partial charge in [0.05, 0.1) is 54.1 Å². The standard InChI is InChI=1S/C60H67ClFN11O8/c1-6-52(76)72-24-23-71(32-41(72)15-19-63)57-46-30-47(61)54(45-28-42(74)27-40-9-7-8-10-44(40)45)55(62)56(46)66-60(67-57)79-26-25-70-21-17-37(18-22-70)34-80-51-31-50(81-68-51)53(35(2)3)59(78)73-33-43(75)29-49(73)58(77)65-36(4)38-11-13-39(14-12-38)48-16-20-64-69(48)5/h6-14,16,20,27,30-31,35-37,41-43,49,53,74-75H,1,15,17-18,21-26,28-29,32-34H2,2-5H3,(H,65,77)/t36-,41-,42?,43+,49-,53+/m0/s1. The molecular weight excluding hydrogens is 1060 g/mol. The number of amides is 3. The number of hydrogen-bond acceptors (Lipinski definition) is 15. The lowest BCUT2D eigenvalue weighted by atomic mass is 9.91. The molecule has 3 aromatic carbocycles. The van der Waals surface area contributed by atoms with E-state index in [9.17, 15) is 29.9 Å². The van der Waals surface area contributed by atoms with Crippen molar-refractivity contribution in [3.05, 3.63) is 124 Å². The summed E-state index contributed by atoms with van der Waals surface area (Å²) in [7, 11) is 1.88. The number of carbonyl (C=O) groups excluding carboxylic acids is 3. The van der Waals surface area contributed by atoms with Crippen molar-refractivity contribution >= 4 is 57.7 Å². The van der Waals surface area contributed by atoms with E-state index in [1.807, 2.05) is 87.3 Å². The van der Waals surface area contributed by atoms with Gasteiger partial charge in [-0.3, -0.25) is 24.0 Å². The quantitative estimate of drug-likeness (QED) is 0.0914. The number of nitrogens with zero attached hydrogens (tertiary/aromatic N) is 10. The number of hydrogen-bond donors (Lipinski definition) is 3. The number of ether oxygens (including phenoxy) is 2. The first-order valence-corrected chi connectivity index (χ1v) is 28.0. The summed E-state index contributed by atoms with van der Waals surface area (Å²) in [6, 6.07) is 21.0. The lowest BCUT2D eigenvalue weighted by molar-refractivity contribution is -0.141. The smallest absolute Gasteiger partial charge is 0.319 e. The Labute approximate surface area is 473 Å². The lowest BCUT2D eigenvalue weighted by Gasteiger charge is -2.41. The highest BCUT2D eigenvalue weighted by Gasteiger charge is 2.44. The molecule has 0 spiro atoms. The maximum atomic E-state index is 17.3. The molecule has 3 amide bonds. The van der Waals surface area contributed by atoms with Gasteiger partial charge < -0.3 is 44.2 Å². The fraction of sp³-hybridized carbons (Fsp3) is 0.433. The number of piperazine rings is 1. The highest BCUT2D eigenvalue weighted by molar-refractivity contribution is 6.33. The fourth-order valence-electron chi connectivity index (χ4n) is 11.8. The Morgan fingerprint density at radius 1 is 1.00 bits per heavy atom. The van der Waals surface area contributed by atoms with Gasteiger partial charge in [0.15, 0.2) is 11.6 Å². The van der Waals surface area contributed by atoms with Crippen LogP contribution < -0.4 is 30.1 Å². The molecule has 6 heterocycles. The van der Waals surface area contributed by atoms with Gasteiger partial charge in [0.1, 0.15) is 29.9 Å². The second kappa shape index (κ2) is 24.6. The van der Waals surface area contributed by atoms with Crippen LogP contribution in [0, 0.1) is 29.0 Å². The number of nitrogens with one attached hydrogen (secondary N) is 1.